The number of carbonyl (C=O) groups excluding carboxylic acids is 1. The maximum atomic E-state index is 12.9. The summed E-state index contributed by atoms with van der Waals surface area (Å²) in [6, 6.07) is 7.68. The molecular formula is C20H15ClN4O6S2. The summed E-state index contributed by atoms with van der Waals surface area (Å²) >= 11 is 6.62. The molecule has 0 aliphatic heterocycles. The van der Waals surface area contributed by atoms with Gasteiger partial charge in [0.25, 0.3) is 5.56 Å². The summed E-state index contributed by atoms with van der Waals surface area (Å²) in [5, 5.41) is 0.239. The van der Waals surface area contributed by atoms with Gasteiger partial charge < -0.3 is 9.72 Å². The molecule has 0 fully saturated rings. The lowest BCUT2D eigenvalue weighted by molar-refractivity contribution is 0.101. The Morgan fingerprint density at radius 1 is 1.24 bits per heavy atom. The van der Waals surface area contributed by atoms with Gasteiger partial charge >= 0.3 is 5.69 Å². The highest BCUT2D eigenvalue weighted by Crippen LogP contribution is 2.27. The number of carbonyl (C=O) groups is 1. The molecule has 33 heavy (non-hydrogen) atoms. The van der Waals surface area contributed by atoms with Gasteiger partial charge in [-0.25, -0.2) is 18.2 Å². The number of halogens is 1. The molecule has 0 aliphatic carbocycles. The second kappa shape index (κ2) is 8.54. The smallest absolute Gasteiger partial charge is 0.335 e. The first kappa shape index (κ1) is 22.8. The van der Waals surface area contributed by atoms with Gasteiger partial charge in [0.05, 0.1) is 27.9 Å². The van der Waals surface area contributed by atoms with Gasteiger partial charge in [-0.3, -0.25) is 9.59 Å². The van der Waals surface area contributed by atoms with Crippen molar-refractivity contribution < 1.29 is 17.9 Å². The lowest BCUT2D eigenvalue weighted by atomic mass is 10.2. The number of aromatic amines is 1. The van der Waals surface area contributed by atoms with E-state index in [0.29, 0.717) is 10.1 Å². The molecule has 0 radical (unpaired) electrons. The third kappa shape index (κ3) is 4.32. The molecule has 1 aromatic carbocycles. The minimum atomic E-state index is -3.95. The Morgan fingerprint density at radius 2 is 2.00 bits per heavy atom. The Hall–Kier alpha value is -3.35. The molecule has 0 atom stereocenters. The summed E-state index contributed by atoms with van der Waals surface area (Å²) in [5.74, 6) is -2.29. The average Bonchev–Trinajstić information content (AvgIpc) is 3.20. The monoisotopic (exact) mass is 506 g/mol. The molecule has 4 rings (SSSR count). The van der Waals surface area contributed by atoms with E-state index in [1.165, 1.54) is 19.2 Å². The molecule has 13 heteroatoms. The minimum absolute atomic E-state index is 0.0539. The van der Waals surface area contributed by atoms with Crippen LogP contribution < -0.4 is 16.0 Å². The van der Waals surface area contributed by atoms with Gasteiger partial charge in [0.1, 0.15) is 9.96 Å². The first-order chi connectivity index (χ1) is 15.6. The van der Waals surface area contributed by atoms with Gasteiger partial charge in [-0.05, 0) is 36.8 Å². The zero-order chi connectivity index (χ0) is 23.9. The van der Waals surface area contributed by atoms with Crippen molar-refractivity contribution >= 4 is 49.5 Å². The third-order valence-electron chi connectivity index (χ3n) is 4.66. The topological polar surface area (TPSA) is 141 Å². The number of hydrogen-bond donors (Lipinski definition) is 1. The molecule has 3 heterocycles. The van der Waals surface area contributed by atoms with Gasteiger partial charge in [-0.2, -0.15) is 9.55 Å². The summed E-state index contributed by atoms with van der Waals surface area (Å²) in [6.07, 6.45) is 1.02. The summed E-state index contributed by atoms with van der Waals surface area (Å²) in [5.41, 5.74) is -0.438. The van der Waals surface area contributed by atoms with Crippen LogP contribution in [0.4, 0.5) is 0 Å². The van der Waals surface area contributed by atoms with Crippen LogP contribution in [0.15, 0.2) is 50.3 Å². The molecule has 1 N–H and O–H groups in total. The standard InChI is InChI=1S/C20H15ClN4O6S2/c1-10-3-4-11-13(7-10)23-20(28)25(18(11)27)19-22-8-12(17(24-19)31-2)14(26)9-33(29,30)16-6-5-15(21)32-16/h3-8H,9H2,1-2H3,(H,23,28). The van der Waals surface area contributed by atoms with Crippen LogP contribution in [0.25, 0.3) is 16.9 Å². The number of benzene rings is 1. The number of aryl methyl sites for hydroxylation is 1. The van der Waals surface area contributed by atoms with E-state index in [4.69, 9.17) is 16.3 Å². The number of ether oxygens (including phenoxy) is 1. The van der Waals surface area contributed by atoms with E-state index in [1.54, 1.807) is 18.2 Å². The summed E-state index contributed by atoms with van der Waals surface area (Å²) in [6.45, 7) is 1.82. The molecule has 0 aliphatic rings. The number of sulfone groups is 1. The van der Waals surface area contributed by atoms with Crippen LogP contribution in [-0.4, -0.2) is 46.6 Å². The van der Waals surface area contributed by atoms with Crippen molar-refractivity contribution in [2.24, 2.45) is 0 Å². The lowest BCUT2D eigenvalue weighted by Gasteiger charge is -2.10. The van der Waals surface area contributed by atoms with Crippen LogP contribution in [0.5, 0.6) is 5.88 Å². The molecule has 0 spiro atoms. The van der Waals surface area contributed by atoms with E-state index >= 15 is 0 Å². The molecular weight excluding hydrogens is 492 g/mol. The first-order valence-electron chi connectivity index (χ1n) is 9.29. The van der Waals surface area contributed by atoms with Crippen molar-refractivity contribution in [1.82, 2.24) is 19.5 Å². The Morgan fingerprint density at radius 3 is 2.67 bits per heavy atom. The van der Waals surface area contributed by atoms with Crippen LogP contribution in [0.1, 0.15) is 15.9 Å². The molecule has 0 bridgehead atoms. The fourth-order valence-corrected chi connectivity index (χ4v) is 5.90. The molecule has 0 amide bonds. The number of H-pyrrole nitrogens is 1. The Bertz CT molecular complexity index is 1640. The first-order valence-corrected chi connectivity index (χ1v) is 12.1. The second-order valence-corrected chi connectivity index (χ2v) is 10.9. The number of Topliss-reactive ketones (excluding diaryl/α,β-unsaturated/α-hetero) is 1. The number of ketones is 1. The summed E-state index contributed by atoms with van der Waals surface area (Å²) < 4.78 is 31.1. The Labute approximate surface area is 195 Å². The SMILES string of the molecule is COc1nc(-n2c(=O)[nH]c3cc(C)ccc3c2=O)ncc1C(=O)CS(=O)(=O)c1ccc(Cl)s1. The second-order valence-electron chi connectivity index (χ2n) is 6.95. The van der Waals surface area contributed by atoms with Crippen LogP contribution in [0.2, 0.25) is 4.34 Å². The van der Waals surface area contributed by atoms with Crippen molar-refractivity contribution in [1.29, 1.82) is 0 Å². The molecule has 0 saturated carbocycles. The summed E-state index contributed by atoms with van der Waals surface area (Å²) in [4.78, 5) is 48.7. The quantitative estimate of drug-likeness (QED) is 0.392. The van der Waals surface area contributed by atoms with E-state index in [-0.39, 0.29) is 31.3 Å². The van der Waals surface area contributed by atoms with Crippen molar-refractivity contribution in [3.63, 3.8) is 0 Å². The van der Waals surface area contributed by atoms with Gasteiger partial charge in [-0.1, -0.05) is 17.7 Å². The van der Waals surface area contributed by atoms with E-state index in [1.807, 2.05) is 6.92 Å². The van der Waals surface area contributed by atoms with E-state index < -0.39 is 32.6 Å². The number of hydrogen-bond acceptors (Lipinski definition) is 9. The van der Waals surface area contributed by atoms with Gasteiger partial charge in [0, 0.05) is 6.20 Å². The molecule has 170 valence electrons. The van der Waals surface area contributed by atoms with Crippen LogP contribution in [-0.2, 0) is 9.84 Å². The van der Waals surface area contributed by atoms with E-state index in [9.17, 15) is 22.8 Å². The van der Waals surface area contributed by atoms with Crippen LogP contribution in [0, 0.1) is 6.92 Å². The van der Waals surface area contributed by atoms with Crippen LogP contribution >= 0.6 is 22.9 Å². The number of nitrogens with zero attached hydrogens (tertiary/aromatic N) is 3. The molecule has 10 nitrogen and oxygen atoms in total. The fourth-order valence-electron chi connectivity index (χ4n) is 3.11. The van der Waals surface area contributed by atoms with Gasteiger partial charge in [0.15, 0.2) is 15.6 Å². The normalized spacial score (nSPS) is 11.6. The Kier molecular flexibility index (Phi) is 5.91. The number of nitrogens with one attached hydrogen (secondary N) is 1. The van der Waals surface area contributed by atoms with Crippen molar-refractivity contribution in [2.75, 3.05) is 12.9 Å². The lowest BCUT2D eigenvalue weighted by Crippen LogP contribution is -2.35. The average molecular weight is 507 g/mol. The highest BCUT2D eigenvalue weighted by Gasteiger charge is 2.26. The molecule has 0 saturated heterocycles. The number of thiophene rings is 1. The van der Waals surface area contributed by atoms with Crippen molar-refractivity contribution in [3.05, 3.63) is 72.8 Å². The maximum Gasteiger partial charge on any atom is 0.335 e. The van der Waals surface area contributed by atoms with Crippen LogP contribution in [0.3, 0.4) is 0 Å². The number of fused-ring (bicyclic) bond motifs is 1. The summed E-state index contributed by atoms with van der Waals surface area (Å²) in [7, 11) is -2.74. The maximum absolute atomic E-state index is 12.9. The predicted molar refractivity (Wildman–Crippen MR) is 123 cm³/mol. The number of aromatic nitrogens is 4. The Balaban J connectivity index is 1.75. The van der Waals surface area contributed by atoms with Gasteiger partial charge in [0.2, 0.25) is 11.8 Å². The minimum Gasteiger partial charge on any atom is -0.480 e. The number of rotatable bonds is 6. The molecule has 4 aromatic rings. The fraction of sp³-hybridized carbons (Fsp3) is 0.150. The largest absolute Gasteiger partial charge is 0.480 e. The highest BCUT2D eigenvalue weighted by atomic mass is 35.5. The van der Waals surface area contributed by atoms with Crippen molar-refractivity contribution in [3.8, 4) is 11.8 Å². The van der Waals surface area contributed by atoms with E-state index in [0.717, 1.165) is 23.1 Å². The zero-order valence-electron chi connectivity index (χ0n) is 17.2. The predicted octanol–water partition coefficient (Wildman–Crippen LogP) is 2.16. The van der Waals surface area contributed by atoms with Crippen molar-refractivity contribution in [2.45, 2.75) is 11.1 Å². The highest BCUT2D eigenvalue weighted by molar-refractivity contribution is 7.94. The van der Waals surface area contributed by atoms with Gasteiger partial charge in [-0.15, -0.1) is 11.3 Å². The molecule has 3 aromatic heterocycles. The zero-order valence-corrected chi connectivity index (χ0v) is 19.5. The third-order valence-corrected chi connectivity index (χ3v) is 8.09. The molecule has 0 unspecified atom stereocenters. The van der Waals surface area contributed by atoms with E-state index in [2.05, 4.69) is 15.0 Å². The number of methoxy groups -OCH3 is 1.